The number of halogens is 3. The minimum atomic E-state index is -3.13. The molecule has 0 heterocycles. The van der Waals surface area contributed by atoms with Crippen LogP contribution in [-0.4, -0.2) is 26.5 Å². The Hall–Kier alpha value is 1.07. The first-order chi connectivity index (χ1) is 5.37. The van der Waals surface area contributed by atoms with E-state index in [0.717, 1.165) is 0 Å². The van der Waals surface area contributed by atoms with Gasteiger partial charge >= 0.3 is 90.1 Å². The Morgan fingerprint density at radius 2 is 2.17 bits per heavy atom. The summed E-state index contributed by atoms with van der Waals surface area (Å²) < 4.78 is 5.05. The first-order valence-electron chi connectivity index (χ1n) is 3.28. The van der Waals surface area contributed by atoms with Gasteiger partial charge in [-0.1, -0.05) is 0 Å². The summed E-state index contributed by atoms with van der Waals surface area (Å²) in [5, 5.41) is 0. The zero-order valence-corrected chi connectivity index (χ0v) is 12.5. The molecule has 0 amide bonds. The summed E-state index contributed by atoms with van der Waals surface area (Å²) in [5.41, 5.74) is 0.342. The maximum absolute atomic E-state index is 11.0. The molecular formula is C6H9BrCl2O2Sn. The van der Waals surface area contributed by atoms with Crippen LogP contribution in [0.3, 0.4) is 0 Å². The van der Waals surface area contributed by atoms with Crippen molar-refractivity contribution in [3.63, 3.8) is 0 Å². The van der Waals surface area contributed by atoms with E-state index in [4.69, 9.17) is 22.6 Å². The van der Waals surface area contributed by atoms with Crippen molar-refractivity contribution in [1.82, 2.24) is 0 Å². The van der Waals surface area contributed by atoms with Crippen LogP contribution in [0.2, 0.25) is 4.44 Å². The van der Waals surface area contributed by atoms with Gasteiger partial charge in [0.25, 0.3) is 0 Å². The third-order valence-corrected chi connectivity index (χ3v) is 7.01. The van der Waals surface area contributed by atoms with Crippen LogP contribution in [0.5, 0.6) is 0 Å². The molecule has 0 spiro atoms. The molecule has 0 aliphatic heterocycles. The third-order valence-electron chi connectivity index (χ3n) is 0.978. The van der Waals surface area contributed by atoms with E-state index in [9.17, 15) is 4.79 Å². The van der Waals surface area contributed by atoms with Gasteiger partial charge < -0.3 is 0 Å². The molecule has 0 aromatic heterocycles. The normalized spacial score (nSPS) is 11.0. The second-order valence-corrected chi connectivity index (χ2v) is 31.8. The Morgan fingerprint density at radius 1 is 1.67 bits per heavy atom. The van der Waals surface area contributed by atoms with E-state index >= 15 is 0 Å². The van der Waals surface area contributed by atoms with Crippen LogP contribution in [0, 0.1) is 0 Å². The zero-order valence-electron chi connectivity index (χ0n) is 6.57. The monoisotopic (exact) mass is 382 g/mol. The molecule has 0 aliphatic rings. The Balaban J connectivity index is 3.97. The van der Waals surface area contributed by atoms with Gasteiger partial charge in [0.2, 0.25) is 0 Å². The van der Waals surface area contributed by atoms with Crippen molar-refractivity contribution in [2.45, 2.75) is 11.4 Å². The van der Waals surface area contributed by atoms with Gasteiger partial charge in [-0.2, -0.15) is 0 Å². The van der Waals surface area contributed by atoms with Crippen molar-refractivity contribution in [3.8, 4) is 0 Å². The number of hydrogen-bond donors (Lipinski definition) is 0. The van der Waals surface area contributed by atoms with E-state index in [-0.39, 0.29) is 0 Å². The first-order valence-corrected chi connectivity index (χ1v) is 18.9. The molecule has 70 valence electrons. The number of esters is 1. The van der Waals surface area contributed by atoms with Gasteiger partial charge in [0, 0.05) is 0 Å². The van der Waals surface area contributed by atoms with E-state index in [1.165, 1.54) is 0 Å². The van der Waals surface area contributed by atoms with Crippen molar-refractivity contribution in [2.75, 3.05) is 6.61 Å². The standard InChI is InChI=1S/C6H9O2.BrH.2ClH.Sn/c1-4-8-6(7)5(2)3;;;;/h2-4H2,1H3;3*1H;/q;;;;+3/p-3. The fourth-order valence-corrected chi connectivity index (χ4v) is 6.77. The van der Waals surface area contributed by atoms with Crippen LogP contribution in [0.4, 0.5) is 0 Å². The molecule has 0 bridgehead atoms. The SMILES string of the molecule is C=C([CH2][Sn]([Cl])([Cl])[Br])C(=O)OCC. The molecule has 0 aromatic carbocycles. The molecule has 0 saturated carbocycles. The molecule has 0 fully saturated rings. The predicted octanol–water partition coefficient (Wildman–Crippen LogP) is 2.92. The van der Waals surface area contributed by atoms with Gasteiger partial charge in [-0.15, -0.1) is 0 Å². The minimum absolute atomic E-state index is 0.341. The predicted molar refractivity (Wildman–Crippen MR) is 57.0 cm³/mol. The molecule has 0 aliphatic carbocycles. The zero-order chi connectivity index (χ0) is 9.78. The molecule has 0 aromatic rings. The van der Waals surface area contributed by atoms with Crippen LogP contribution >= 0.6 is 30.5 Å². The van der Waals surface area contributed by atoms with E-state index in [1.807, 2.05) is 0 Å². The summed E-state index contributed by atoms with van der Waals surface area (Å²) in [6.45, 7) is 5.61. The molecule has 0 rings (SSSR count). The van der Waals surface area contributed by atoms with Gasteiger partial charge in [0.1, 0.15) is 0 Å². The van der Waals surface area contributed by atoms with E-state index in [2.05, 4.69) is 19.3 Å². The second-order valence-electron chi connectivity index (χ2n) is 2.12. The van der Waals surface area contributed by atoms with E-state index in [1.54, 1.807) is 6.92 Å². The average molecular weight is 383 g/mol. The van der Waals surface area contributed by atoms with Gasteiger partial charge in [0.05, 0.1) is 0 Å². The molecule has 0 atom stereocenters. The number of hydrogen-bond acceptors (Lipinski definition) is 2. The van der Waals surface area contributed by atoms with Crippen molar-refractivity contribution >= 4 is 50.4 Å². The van der Waals surface area contributed by atoms with Crippen LogP contribution in [0.25, 0.3) is 0 Å². The summed E-state index contributed by atoms with van der Waals surface area (Å²) in [7, 11) is 11.6. The Morgan fingerprint density at radius 3 is 2.50 bits per heavy atom. The third kappa shape index (κ3) is 6.57. The molecule has 0 N–H and O–H groups in total. The van der Waals surface area contributed by atoms with Crippen molar-refractivity contribution in [2.24, 2.45) is 0 Å². The van der Waals surface area contributed by atoms with Crippen molar-refractivity contribution < 1.29 is 9.53 Å². The van der Waals surface area contributed by atoms with Crippen LogP contribution in [0.15, 0.2) is 12.2 Å². The Bertz CT molecular complexity index is 190. The molecule has 0 saturated heterocycles. The van der Waals surface area contributed by atoms with Crippen molar-refractivity contribution in [1.29, 1.82) is 0 Å². The van der Waals surface area contributed by atoms with Crippen molar-refractivity contribution in [3.05, 3.63) is 12.2 Å². The molecule has 0 radical (unpaired) electrons. The summed E-state index contributed by atoms with van der Waals surface area (Å²) in [4.78, 5) is 11.0. The first kappa shape index (κ1) is 13.1. The maximum atomic E-state index is 11.0. The van der Waals surface area contributed by atoms with E-state index in [0.29, 0.717) is 16.6 Å². The van der Waals surface area contributed by atoms with Crippen LogP contribution < -0.4 is 0 Å². The van der Waals surface area contributed by atoms with Gasteiger partial charge in [-0.3, -0.25) is 0 Å². The number of carbonyl (C=O) groups excluding carboxylic acids is 1. The molecule has 2 nitrogen and oxygen atoms in total. The van der Waals surface area contributed by atoms with Gasteiger partial charge in [-0.25, -0.2) is 0 Å². The quantitative estimate of drug-likeness (QED) is 0.424. The number of carbonyl (C=O) groups is 1. The summed E-state index contributed by atoms with van der Waals surface area (Å²) in [6, 6.07) is 0. The van der Waals surface area contributed by atoms with E-state index < -0.39 is 19.9 Å². The molecule has 6 heteroatoms. The molecule has 12 heavy (non-hydrogen) atoms. The van der Waals surface area contributed by atoms with Crippen LogP contribution in [-0.2, 0) is 9.53 Å². The summed E-state index contributed by atoms with van der Waals surface area (Å²) in [6.07, 6.45) is 0. The summed E-state index contributed by atoms with van der Waals surface area (Å²) >= 11 is 0.0428. The van der Waals surface area contributed by atoms with Crippen LogP contribution in [0.1, 0.15) is 6.92 Å². The Kier molecular flexibility index (Phi) is 6.24. The average Bonchev–Trinajstić information content (AvgIpc) is 1.84. The van der Waals surface area contributed by atoms with Gasteiger partial charge in [-0.05, 0) is 0 Å². The Labute approximate surface area is 89.3 Å². The second kappa shape index (κ2) is 5.73. The fourth-order valence-electron chi connectivity index (χ4n) is 0.547. The molecule has 0 unspecified atom stereocenters. The summed E-state index contributed by atoms with van der Waals surface area (Å²) in [5.74, 6) is -0.417. The number of rotatable bonds is 4. The molecular weight excluding hydrogens is 374 g/mol. The van der Waals surface area contributed by atoms with Gasteiger partial charge in [0.15, 0.2) is 0 Å². The topological polar surface area (TPSA) is 26.3 Å². The fraction of sp³-hybridized carbons (Fsp3) is 0.500. The number of ether oxygens (including phenoxy) is 1.